The van der Waals surface area contributed by atoms with Crippen molar-refractivity contribution in [3.05, 3.63) is 24.3 Å². The normalized spacial score (nSPS) is 13.5. The zero-order valence-electron chi connectivity index (χ0n) is 11.7. The first-order valence-electron chi connectivity index (χ1n) is 6.31. The predicted octanol–water partition coefficient (Wildman–Crippen LogP) is 1.71. The molecule has 0 radical (unpaired) electrons. The molecule has 0 saturated carbocycles. The summed E-state index contributed by atoms with van der Waals surface area (Å²) in [7, 11) is -1.69. The quantitative estimate of drug-likeness (QED) is 0.774. The molecule has 6 heteroatoms. The second kappa shape index (κ2) is 6.77. The minimum atomic E-state index is -3.29. The van der Waals surface area contributed by atoms with Crippen molar-refractivity contribution >= 4 is 15.7 Å². The van der Waals surface area contributed by atoms with Crippen LogP contribution in [0.1, 0.15) is 20.3 Å². The van der Waals surface area contributed by atoms with E-state index in [0.717, 1.165) is 6.42 Å². The number of hydrogen-bond donors (Lipinski definition) is 1. The van der Waals surface area contributed by atoms with Crippen molar-refractivity contribution in [2.75, 3.05) is 25.1 Å². The van der Waals surface area contributed by atoms with Gasteiger partial charge in [-0.1, -0.05) is 19.1 Å². The Hall–Kier alpha value is -1.27. The summed E-state index contributed by atoms with van der Waals surface area (Å²) in [6.07, 6.45) is 0.780. The number of ether oxygens (including phenoxy) is 1. The molecule has 5 nitrogen and oxygen atoms in total. The van der Waals surface area contributed by atoms with Crippen LogP contribution in [0.3, 0.4) is 0 Å². The van der Waals surface area contributed by atoms with Crippen LogP contribution < -0.4 is 10.5 Å². The number of anilines is 1. The van der Waals surface area contributed by atoms with Gasteiger partial charge in [0.15, 0.2) is 0 Å². The van der Waals surface area contributed by atoms with Crippen molar-refractivity contribution < 1.29 is 13.2 Å². The zero-order chi connectivity index (χ0) is 14.5. The highest BCUT2D eigenvalue weighted by molar-refractivity contribution is 7.89. The van der Waals surface area contributed by atoms with Gasteiger partial charge in [0.1, 0.15) is 12.4 Å². The molecule has 19 heavy (non-hydrogen) atoms. The van der Waals surface area contributed by atoms with Crippen LogP contribution in [0.2, 0.25) is 0 Å². The van der Waals surface area contributed by atoms with Crippen LogP contribution in [0.25, 0.3) is 0 Å². The number of para-hydroxylation sites is 2. The Balaban J connectivity index is 2.55. The first-order valence-corrected chi connectivity index (χ1v) is 7.92. The standard InChI is InChI=1S/C13H22N2O3S/c1-4-11(2)15(3)19(16,17)10-9-18-13-8-6-5-7-12(13)14/h5-8,11H,4,9-10,14H2,1-3H3. The van der Waals surface area contributed by atoms with E-state index >= 15 is 0 Å². The third-order valence-electron chi connectivity index (χ3n) is 3.17. The van der Waals surface area contributed by atoms with Crippen molar-refractivity contribution in [1.29, 1.82) is 0 Å². The van der Waals surface area contributed by atoms with Crippen molar-refractivity contribution in [2.24, 2.45) is 0 Å². The number of benzene rings is 1. The molecule has 2 N–H and O–H groups in total. The summed E-state index contributed by atoms with van der Waals surface area (Å²) in [5, 5.41) is 0. The van der Waals surface area contributed by atoms with E-state index in [2.05, 4.69) is 0 Å². The number of hydrogen-bond acceptors (Lipinski definition) is 4. The zero-order valence-corrected chi connectivity index (χ0v) is 12.5. The maximum absolute atomic E-state index is 12.0. The van der Waals surface area contributed by atoms with Gasteiger partial charge in [0.2, 0.25) is 10.0 Å². The molecule has 0 bridgehead atoms. The topological polar surface area (TPSA) is 72.6 Å². The highest BCUT2D eigenvalue weighted by Gasteiger charge is 2.22. The molecule has 0 fully saturated rings. The fraction of sp³-hybridized carbons (Fsp3) is 0.538. The van der Waals surface area contributed by atoms with Crippen LogP contribution in [-0.2, 0) is 10.0 Å². The molecular weight excluding hydrogens is 264 g/mol. The first-order chi connectivity index (χ1) is 8.88. The predicted molar refractivity (Wildman–Crippen MR) is 77.7 cm³/mol. The Bertz CT molecular complexity index is 502. The van der Waals surface area contributed by atoms with E-state index in [0.29, 0.717) is 11.4 Å². The third kappa shape index (κ3) is 4.40. The summed E-state index contributed by atoms with van der Waals surface area (Å²) in [6, 6.07) is 7.03. The second-order valence-corrected chi connectivity index (χ2v) is 6.62. The highest BCUT2D eigenvalue weighted by atomic mass is 32.2. The average molecular weight is 286 g/mol. The minimum absolute atomic E-state index is 0.00760. The number of rotatable bonds is 7. The smallest absolute Gasteiger partial charge is 0.217 e. The van der Waals surface area contributed by atoms with Crippen molar-refractivity contribution in [3.63, 3.8) is 0 Å². The van der Waals surface area contributed by atoms with Crippen LogP contribution >= 0.6 is 0 Å². The molecule has 0 aliphatic carbocycles. The Morgan fingerprint density at radius 1 is 1.37 bits per heavy atom. The molecule has 1 aromatic rings. The van der Waals surface area contributed by atoms with Crippen LogP contribution in [0.5, 0.6) is 5.75 Å². The van der Waals surface area contributed by atoms with E-state index in [9.17, 15) is 8.42 Å². The van der Waals surface area contributed by atoms with Gasteiger partial charge in [-0.2, -0.15) is 0 Å². The van der Waals surface area contributed by atoms with E-state index in [4.69, 9.17) is 10.5 Å². The molecule has 0 aliphatic rings. The van der Waals surface area contributed by atoms with E-state index < -0.39 is 10.0 Å². The van der Waals surface area contributed by atoms with Crippen LogP contribution in [0.4, 0.5) is 5.69 Å². The van der Waals surface area contributed by atoms with Crippen LogP contribution in [0, 0.1) is 0 Å². The van der Waals surface area contributed by atoms with E-state index in [1.165, 1.54) is 4.31 Å². The van der Waals surface area contributed by atoms with Gasteiger partial charge in [-0.05, 0) is 25.5 Å². The molecule has 0 aromatic heterocycles. The molecule has 0 aliphatic heterocycles. The number of sulfonamides is 1. The Kier molecular flexibility index (Phi) is 5.62. The monoisotopic (exact) mass is 286 g/mol. The van der Waals surface area contributed by atoms with Crippen molar-refractivity contribution in [3.8, 4) is 5.75 Å². The molecule has 1 atom stereocenters. The first kappa shape index (κ1) is 15.8. The van der Waals surface area contributed by atoms with E-state index in [1.54, 1.807) is 31.3 Å². The molecule has 0 amide bonds. The lowest BCUT2D eigenvalue weighted by Crippen LogP contribution is -2.37. The lowest BCUT2D eigenvalue weighted by molar-refractivity contribution is 0.331. The largest absolute Gasteiger partial charge is 0.490 e. The fourth-order valence-corrected chi connectivity index (χ4v) is 2.82. The second-order valence-electron chi connectivity index (χ2n) is 4.48. The summed E-state index contributed by atoms with van der Waals surface area (Å²) in [5.41, 5.74) is 6.22. The lowest BCUT2D eigenvalue weighted by atomic mass is 10.3. The van der Waals surface area contributed by atoms with Gasteiger partial charge < -0.3 is 10.5 Å². The fourth-order valence-electron chi connectivity index (χ4n) is 1.54. The van der Waals surface area contributed by atoms with Crippen molar-refractivity contribution in [1.82, 2.24) is 4.31 Å². The van der Waals surface area contributed by atoms with Gasteiger partial charge in [0.25, 0.3) is 0 Å². The SMILES string of the molecule is CCC(C)N(C)S(=O)(=O)CCOc1ccccc1N. The van der Waals surface area contributed by atoms with Crippen LogP contribution in [0.15, 0.2) is 24.3 Å². The van der Waals surface area contributed by atoms with E-state index in [1.807, 2.05) is 13.8 Å². The van der Waals surface area contributed by atoms with Gasteiger partial charge in [-0.25, -0.2) is 12.7 Å². The van der Waals surface area contributed by atoms with E-state index in [-0.39, 0.29) is 18.4 Å². The summed E-state index contributed by atoms with van der Waals surface area (Å²) >= 11 is 0. The summed E-state index contributed by atoms with van der Waals surface area (Å²) in [4.78, 5) is 0. The third-order valence-corrected chi connectivity index (χ3v) is 5.09. The van der Waals surface area contributed by atoms with Gasteiger partial charge in [0, 0.05) is 13.1 Å². The highest BCUT2D eigenvalue weighted by Crippen LogP contribution is 2.19. The molecular formula is C13H22N2O3S. The van der Waals surface area contributed by atoms with Crippen molar-refractivity contribution in [2.45, 2.75) is 26.3 Å². The molecule has 108 valence electrons. The Morgan fingerprint density at radius 2 is 2.00 bits per heavy atom. The summed E-state index contributed by atoms with van der Waals surface area (Å²) in [6.45, 7) is 3.93. The summed E-state index contributed by atoms with van der Waals surface area (Å²) in [5.74, 6) is 0.464. The van der Waals surface area contributed by atoms with Gasteiger partial charge in [-0.3, -0.25) is 0 Å². The number of nitrogen functional groups attached to an aromatic ring is 1. The Morgan fingerprint density at radius 3 is 2.58 bits per heavy atom. The molecule has 1 aromatic carbocycles. The average Bonchev–Trinajstić information content (AvgIpc) is 2.39. The maximum atomic E-state index is 12.0. The van der Waals surface area contributed by atoms with Gasteiger partial charge in [0.05, 0.1) is 11.4 Å². The maximum Gasteiger partial charge on any atom is 0.217 e. The van der Waals surface area contributed by atoms with Gasteiger partial charge >= 0.3 is 0 Å². The molecule has 1 unspecified atom stereocenters. The number of nitrogens with zero attached hydrogens (tertiary/aromatic N) is 1. The molecule has 0 spiro atoms. The Labute approximate surface area is 115 Å². The molecule has 0 saturated heterocycles. The molecule has 1 rings (SSSR count). The minimum Gasteiger partial charge on any atom is -0.490 e. The van der Waals surface area contributed by atoms with Gasteiger partial charge in [-0.15, -0.1) is 0 Å². The molecule has 0 heterocycles. The van der Waals surface area contributed by atoms with Crippen LogP contribution in [-0.4, -0.2) is 38.2 Å². The lowest BCUT2D eigenvalue weighted by Gasteiger charge is -2.23. The summed E-state index contributed by atoms with van der Waals surface area (Å²) < 4.78 is 30.8. The number of nitrogens with two attached hydrogens (primary N) is 1.